The van der Waals surface area contributed by atoms with Crippen molar-refractivity contribution in [1.29, 1.82) is 0 Å². The Bertz CT molecular complexity index is 460. The number of ether oxygens (including phenoxy) is 1. The van der Waals surface area contributed by atoms with Gasteiger partial charge in [-0.05, 0) is 50.8 Å². The first-order valence-corrected chi connectivity index (χ1v) is 7.36. The van der Waals surface area contributed by atoms with E-state index in [-0.39, 0.29) is 18.1 Å². The summed E-state index contributed by atoms with van der Waals surface area (Å²) in [5.74, 6) is 1.08. The Morgan fingerprint density at radius 3 is 2.90 bits per heavy atom. The van der Waals surface area contributed by atoms with Crippen LogP contribution in [-0.2, 0) is 0 Å². The van der Waals surface area contributed by atoms with E-state index in [1.54, 1.807) is 12.1 Å². The topological polar surface area (TPSA) is 64.3 Å². The fourth-order valence-corrected chi connectivity index (χ4v) is 2.63. The molecule has 2 atom stereocenters. The zero-order valence-corrected chi connectivity index (χ0v) is 12.3. The Labute approximate surface area is 120 Å². The molecule has 4 nitrogen and oxygen atoms in total. The van der Waals surface area contributed by atoms with Crippen molar-refractivity contribution in [2.45, 2.75) is 45.3 Å². The molecule has 0 radical (unpaired) electrons. The molecule has 1 aromatic rings. The molecule has 0 heterocycles. The van der Waals surface area contributed by atoms with Gasteiger partial charge in [-0.2, -0.15) is 0 Å². The number of benzene rings is 1. The summed E-state index contributed by atoms with van der Waals surface area (Å²) in [5, 5.41) is 2.98. The summed E-state index contributed by atoms with van der Waals surface area (Å²) in [6, 6.07) is 7.52. The number of hydrogen-bond donors (Lipinski definition) is 2. The van der Waals surface area contributed by atoms with Crippen molar-refractivity contribution >= 4 is 5.91 Å². The molecule has 0 bridgehead atoms. The maximum atomic E-state index is 12.1. The lowest BCUT2D eigenvalue weighted by atomic mass is 10.0. The first-order valence-electron chi connectivity index (χ1n) is 7.36. The number of carbonyl (C=O) groups is 1. The molecule has 1 fully saturated rings. The highest BCUT2D eigenvalue weighted by atomic mass is 16.5. The number of rotatable bonds is 5. The average molecular weight is 276 g/mol. The van der Waals surface area contributed by atoms with Crippen LogP contribution in [0.15, 0.2) is 24.3 Å². The van der Waals surface area contributed by atoms with E-state index >= 15 is 0 Å². The fraction of sp³-hybridized carbons (Fsp3) is 0.562. The summed E-state index contributed by atoms with van der Waals surface area (Å²) in [6.07, 6.45) is 3.44. The third-order valence-corrected chi connectivity index (χ3v) is 3.71. The SMILES string of the molecule is CC(C)Oc1cccc(C(=O)NCC2CCCC2N)c1. The van der Waals surface area contributed by atoms with Crippen molar-refractivity contribution in [3.63, 3.8) is 0 Å². The number of nitrogens with two attached hydrogens (primary N) is 1. The molecule has 1 amide bonds. The molecule has 1 saturated carbocycles. The Morgan fingerprint density at radius 1 is 1.45 bits per heavy atom. The van der Waals surface area contributed by atoms with Crippen LogP contribution in [0.2, 0.25) is 0 Å². The zero-order valence-electron chi connectivity index (χ0n) is 12.3. The normalized spacial score (nSPS) is 22.0. The third-order valence-electron chi connectivity index (χ3n) is 3.71. The highest BCUT2D eigenvalue weighted by Crippen LogP contribution is 2.23. The standard InChI is InChI=1S/C16H24N2O2/c1-11(2)20-14-7-3-5-12(9-14)16(19)18-10-13-6-4-8-15(13)17/h3,5,7,9,11,13,15H,4,6,8,10,17H2,1-2H3,(H,18,19). The summed E-state index contributed by atoms with van der Waals surface area (Å²) in [6.45, 7) is 4.59. The maximum Gasteiger partial charge on any atom is 0.251 e. The fourth-order valence-electron chi connectivity index (χ4n) is 2.63. The quantitative estimate of drug-likeness (QED) is 0.867. The minimum Gasteiger partial charge on any atom is -0.491 e. The second-order valence-electron chi connectivity index (χ2n) is 5.76. The summed E-state index contributed by atoms with van der Waals surface area (Å²) >= 11 is 0. The summed E-state index contributed by atoms with van der Waals surface area (Å²) < 4.78 is 5.60. The molecule has 2 rings (SSSR count). The van der Waals surface area contributed by atoms with Crippen LogP contribution in [0.25, 0.3) is 0 Å². The van der Waals surface area contributed by atoms with Crippen LogP contribution in [0, 0.1) is 5.92 Å². The molecule has 1 aliphatic carbocycles. The number of nitrogens with one attached hydrogen (secondary N) is 1. The van der Waals surface area contributed by atoms with Crippen molar-refractivity contribution in [2.24, 2.45) is 11.7 Å². The lowest BCUT2D eigenvalue weighted by Crippen LogP contribution is -2.36. The summed E-state index contributed by atoms with van der Waals surface area (Å²) in [7, 11) is 0. The zero-order chi connectivity index (χ0) is 14.5. The van der Waals surface area contributed by atoms with E-state index in [0.29, 0.717) is 18.0 Å². The van der Waals surface area contributed by atoms with Gasteiger partial charge in [-0.15, -0.1) is 0 Å². The van der Waals surface area contributed by atoms with Crippen molar-refractivity contribution in [3.05, 3.63) is 29.8 Å². The molecule has 0 aliphatic heterocycles. The van der Waals surface area contributed by atoms with Gasteiger partial charge < -0.3 is 15.8 Å². The summed E-state index contributed by atoms with van der Waals surface area (Å²) in [4.78, 5) is 12.1. The van der Waals surface area contributed by atoms with Gasteiger partial charge in [-0.3, -0.25) is 4.79 Å². The Kier molecular flexibility index (Phi) is 5.01. The smallest absolute Gasteiger partial charge is 0.251 e. The van der Waals surface area contributed by atoms with Crippen LogP contribution in [-0.4, -0.2) is 24.6 Å². The first kappa shape index (κ1) is 14.9. The van der Waals surface area contributed by atoms with Crippen LogP contribution in [0.4, 0.5) is 0 Å². The van der Waals surface area contributed by atoms with Crippen molar-refractivity contribution < 1.29 is 9.53 Å². The molecule has 3 N–H and O–H groups in total. The monoisotopic (exact) mass is 276 g/mol. The van der Waals surface area contributed by atoms with Crippen LogP contribution < -0.4 is 15.8 Å². The van der Waals surface area contributed by atoms with Crippen LogP contribution in [0.5, 0.6) is 5.75 Å². The average Bonchev–Trinajstić information content (AvgIpc) is 2.81. The van der Waals surface area contributed by atoms with E-state index in [9.17, 15) is 4.79 Å². The molecule has 20 heavy (non-hydrogen) atoms. The molecule has 1 aromatic carbocycles. The molecule has 2 unspecified atom stereocenters. The second kappa shape index (κ2) is 6.75. The van der Waals surface area contributed by atoms with E-state index in [4.69, 9.17) is 10.5 Å². The molecule has 4 heteroatoms. The van der Waals surface area contributed by atoms with Crippen molar-refractivity contribution in [1.82, 2.24) is 5.32 Å². The highest BCUT2D eigenvalue weighted by Gasteiger charge is 2.24. The lowest BCUT2D eigenvalue weighted by molar-refractivity contribution is 0.0945. The Hall–Kier alpha value is -1.55. The minimum absolute atomic E-state index is 0.0571. The predicted molar refractivity (Wildman–Crippen MR) is 79.9 cm³/mol. The molecule has 1 aliphatic rings. The highest BCUT2D eigenvalue weighted by molar-refractivity contribution is 5.94. The van der Waals surface area contributed by atoms with E-state index in [1.807, 2.05) is 26.0 Å². The lowest BCUT2D eigenvalue weighted by Gasteiger charge is -2.16. The Morgan fingerprint density at radius 2 is 2.25 bits per heavy atom. The molecule has 0 aromatic heterocycles. The van der Waals surface area contributed by atoms with Gasteiger partial charge in [-0.1, -0.05) is 12.5 Å². The van der Waals surface area contributed by atoms with Crippen molar-refractivity contribution in [2.75, 3.05) is 6.54 Å². The third kappa shape index (κ3) is 3.97. The van der Waals surface area contributed by atoms with Gasteiger partial charge in [0.2, 0.25) is 0 Å². The second-order valence-corrected chi connectivity index (χ2v) is 5.76. The van der Waals surface area contributed by atoms with Gasteiger partial charge in [0.05, 0.1) is 6.10 Å². The Balaban J connectivity index is 1.91. The van der Waals surface area contributed by atoms with Gasteiger partial charge in [0.15, 0.2) is 0 Å². The minimum atomic E-state index is -0.0571. The van der Waals surface area contributed by atoms with Crippen LogP contribution in [0.3, 0.4) is 0 Å². The predicted octanol–water partition coefficient (Wildman–Crippen LogP) is 2.33. The van der Waals surface area contributed by atoms with E-state index in [0.717, 1.165) is 18.6 Å². The van der Waals surface area contributed by atoms with Gasteiger partial charge >= 0.3 is 0 Å². The summed E-state index contributed by atoms with van der Waals surface area (Å²) in [5.41, 5.74) is 6.65. The van der Waals surface area contributed by atoms with E-state index in [2.05, 4.69) is 5.32 Å². The van der Waals surface area contributed by atoms with Gasteiger partial charge in [0.25, 0.3) is 5.91 Å². The number of carbonyl (C=O) groups excluding carboxylic acids is 1. The maximum absolute atomic E-state index is 12.1. The molecule has 0 spiro atoms. The van der Waals surface area contributed by atoms with Crippen molar-refractivity contribution in [3.8, 4) is 5.75 Å². The number of hydrogen-bond acceptors (Lipinski definition) is 3. The van der Waals surface area contributed by atoms with Gasteiger partial charge in [0.1, 0.15) is 5.75 Å². The molecular weight excluding hydrogens is 252 g/mol. The first-order chi connectivity index (χ1) is 9.56. The molecular formula is C16H24N2O2. The molecule has 0 saturated heterocycles. The van der Waals surface area contributed by atoms with E-state index < -0.39 is 0 Å². The van der Waals surface area contributed by atoms with Crippen LogP contribution >= 0.6 is 0 Å². The van der Waals surface area contributed by atoms with Gasteiger partial charge in [0, 0.05) is 18.2 Å². The van der Waals surface area contributed by atoms with Gasteiger partial charge in [-0.25, -0.2) is 0 Å². The molecule has 110 valence electrons. The van der Waals surface area contributed by atoms with E-state index in [1.165, 1.54) is 6.42 Å². The number of amides is 1. The van der Waals surface area contributed by atoms with Crippen LogP contribution in [0.1, 0.15) is 43.5 Å². The largest absolute Gasteiger partial charge is 0.491 e.